The molecular weight excluding hydrogens is 354 g/mol. The number of amides is 3. The molecule has 7 heteroatoms. The van der Waals surface area contributed by atoms with Gasteiger partial charge < -0.3 is 19.7 Å². The van der Waals surface area contributed by atoms with E-state index in [1.165, 1.54) is 5.56 Å². The summed E-state index contributed by atoms with van der Waals surface area (Å²) in [5.41, 5.74) is 3.96. The summed E-state index contributed by atoms with van der Waals surface area (Å²) in [6.45, 7) is 5.48. The van der Waals surface area contributed by atoms with Gasteiger partial charge in [-0.3, -0.25) is 4.79 Å². The lowest BCUT2D eigenvalue weighted by Gasteiger charge is -2.22. The summed E-state index contributed by atoms with van der Waals surface area (Å²) in [6.07, 6.45) is 5.21. The number of anilines is 1. The zero-order valence-electron chi connectivity index (χ0n) is 16.4. The van der Waals surface area contributed by atoms with E-state index >= 15 is 0 Å². The molecule has 1 aromatic heterocycles. The van der Waals surface area contributed by atoms with Gasteiger partial charge in [0.2, 0.25) is 5.91 Å². The number of hydrogen-bond acceptors (Lipinski definition) is 3. The van der Waals surface area contributed by atoms with Crippen LogP contribution in [0, 0.1) is 0 Å². The molecule has 2 aliphatic heterocycles. The molecule has 0 unspecified atom stereocenters. The number of likely N-dealkylation sites (tertiary alicyclic amines) is 1. The third-order valence-corrected chi connectivity index (χ3v) is 5.59. The Kier molecular flexibility index (Phi) is 5.32. The number of aromatic nitrogens is 2. The van der Waals surface area contributed by atoms with Gasteiger partial charge in [-0.25, -0.2) is 9.78 Å². The maximum absolute atomic E-state index is 12.9. The molecule has 28 heavy (non-hydrogen) atoms. The molecule has 0 aliphatic carbocycles. The Morgan fingerprint density at radius 3 is 2.89 bits per heavy atom. The standard InChI is InChI=1S/C21H27N5O2/c1-2-16-6-3-7-17(12-16)23-21(28)25-10-5-11-26-15-22-18(19(26)14-25)13-24-9-4-8-20(24)27/h3,6-7,12,15H,2,4-5,8-11,13-14H2,1H3,(H,23,28). The number of fused-ring (bicyclic) bond motifs is 1. The van der Waals surface area contributed by atoms with E-state index < -0.39 is 0 Å². The van der Waals surface area contributed by atoms with E-state index in [9.17, 15) is 9.59 Å². The second-order valence-electron chi connectivity index (χ2n) is 7.51. The highest BCUT2D eigenvalue weighted by atomic mass is 16.2. The van der Waals surface area contributed by atoms with Crippen LogP contribution in [-0.4, -0.2) is 44.4 Å². The normalized spacial score (nSPS) is 16.8. The van der Waals surface area contributed by atoms with Crippen molar-refractivity contribution < 1.29 is 9.59 Å². The van der Waals surface area contributed by atoms with Crippen LogP contribution < -0.4 is 5.32 Å². The monoisotopic (exact) mass is 381 g/mol. The molecular formula is C21H27N5O2. The van der Waals surface area contributed by atoms with E-state index in [1.807, 2.05) is 34.3 Å². The summed E-state index contributed by atoms with van der Waals surface area (Å²) in [5, 5.41) is 3.03. The number of aryl methyl sites for hydroxylation is 2. The van der Waals surface area contributed by atoms with Crippen molar-refractivity contribution in [2.24, 2.45) is 0 Å². The van der Waals surface area contributed by atoms with Crippen LogP contribution in [-0.2, 0) is 30.8 Å². The van der Waals surface area contributed by atoms with Crippen molar-refractivity contribution >= 4 is 17.6 Å². The number of benzene rings is 1. The molecule has 4 rings (SSSR count). The number of rotatable bonds is 4. The summed E-state index contributed by atoms with van der Waals surface area (Å²) in [6, 6.07) is 7.88. The molecule has 1 saturated heterocycles. The van der Waals surface area contributed by atoms with Crippen molar-refractivity contribution in [2.45, 2.75) is 52.2 Å². The number of carbonyl (C=O) groups excluding carboxylic acids is 2. The van der Waals surface area contributed by atoms with Crippen LogP contribution in [0.25, 0.3) is 0 Å². The topological polar surface area (TPSA) is 70.5 Å². The molecule has 0 radical (unpaired) electrons. The first kappa shape index (κ1) is 18.5. The summed E-state index contributed by atoms with van der Waals surface area (Å²) in [5.74, 6) is 0.195. The Labute approximate surface area is 165 Å². The minimum absolute atomic E-state index is 0.0916. The van der Waals surface area contributed by atoms with Crippen molar-refractivity contribution in [1.82, 2.24) is 19.4 Å². The molecule has 0 saturated carbocycles. The maximum atomic E-state index is 12.9. The third kappa shape index (κ3) is 3.88. The number of nitrogens with one attached hydrogen (secondary N) is 1. The zero-order valence-corrected chi connectivity index (χ0v) is 16.4. The van der Waals surface area contributed by atoms with E-state index in [-0.39, 0.29) is 11.9 Å². The van der Waals surface area contributed by atoms with Gasteiger partial charge in [0.25, 0.3) is 0 Å². The number of carbonyl (C=O) groups is 2. The first-order chi connectivity index (χ1) is 13.6. The highest BCUT2D eigenvalue weighted by Gasteiger charge is 2.26. The average Bonchev–Trinajstić information content (AvgIpc) is 3.20. The SMILES string of the molecule is CCc1cccc(NC(=O)N2CCCn3cnc(CN4CCCC4=O)c3C2)c1. The number of urea groups is 1. The minimum atomic E-state index is -0.0916. The Hall–Kier alpha value is -2.83. The molecule has 3 amide bonds. The molecule has 0 atom stereocenters. The summed E-state index contributed by atoms with van der Waals surface area (Å²) >= 11 is 0. The highest BCUT2D eigenvalue weighted by molar-refractivity contribution is 5.89. The Bertz CT molecular complexity index is 875. The van der Waals surface area contributed by atoms with Crippen LogP contribution in [0.5, 0.6) is 0 Å². The van der Waals surface area contributed by atoms with Gasteiger partial charge in [-0.2, -0.15) is 0 Å². The smallest absolute Gasteiger partial charge is 0.322 e. The van der Waals surface area contributed by atoms with E-state index in [2.05, 4.69) is 27.9 Å². The summed E-state index contributed by atoms with van der Waals surface area (Å²) in [4.78, 5) is 33.1. The van der Waals surface area contributed by atoms with Gasteiger partial charge in [0.15, 0.2) is 0 Å². The molecule has 0 spiro atoms. The van der Waals surface area contributed by atoms with Crippen LogP contribution in [0.15, 0.2) is 30.6 Å². The summed E-state index contributed by atoms with van der Waals surface area (Å²) in [7, 11) is 0. The molecule has 3 heterocycles. The highest BCUT2D eigenvalue weighted by Crippen LogP contribution is 2.21. The second-order valence-corrected chi connectivity index (χ2v) is 7.51. The first-order valence-corrected chi connectivity index (χ1v) is 10.1. The maximum Gasteiger partial charge on any atom is 0.322 e. The van der Waals surface area contributed by atoms with Gasteiger partial charge in [-0.1, -0.05) is 19.1 Å². The van der Waals surface area contributed by atoms with Crippen molar-refractivity contribution in [3.05, 3.63) is 47.5 Å². The van der Waals surface area contributed by atoms with Crippen LogP contribution in [0.1, 0.15) is 43.1 Å². The third-order valence-electron chi connectivity index (χ3n) is 5.59. The van der Waals surface area contributed by atoms with Gasteiger partial charge in [0.1, 0.15) is 0 Å². The van der Waals surface area contributed by atoms with Gasteiger partial charge in [0, 0.05) is 31.7 Å². The number of nitrogens with zero attached hydrogens (tertiary/aromatic N) is 4. The molecule has 1 aromatic carbocycles. The number of hydrogen-bond donors (Lipinski definition) is 1. The van der Waals surface area contributed by atoms with E-state index in [4.69, 9.17) is 0 Å². The van der Waals surface area contributed by atoms with Crippen LogP contribution in [0.3, 0.4) is 0 Å². The number of imidazole rings is 1. The van der Waals surface area contributed by atoms with Crippen LogP contribution >= 0.6 is 0 Å². The van der Waals surface area contributed by atoms with Crippen molar-refractivity contribution in [1.29, 1.82) is 0 Å². The fourth-order valence-corrected chi connectivity index (χ4v) is 3.94. The van der Waals surface area contributed by atoms with Crippen LogP contribution in [0.2, 0.25) is 0 Å². The Morgan fingerprint density at radius 1 is 1.21 bits per heavy atom. The largest absolute Gasteiger partial charge is 0.337 e. The fraction of sp³-hybridized carbons (Fsp3) is 0.476. The van der Waals surface area contributed by atoms with Crippen molar-refractivity contribution in [3.63, 3.8) is 0 Å². The summed E-state index contributed by atoms with van der Waals surface area (Å²) < 4.78 is 2.13. The van der Waals surface area contributed by atoms with E-state index in [0.717, 1.165) is 49.4 Å². The average molecular weight is 381 g/mol. The molecule has 2 aliphatic rings. The Morgan fingerprint density at radius 2 is 2.11 bits per heavy atom. The molecule has 148 valence electrons. The van der Waals surface area contributed by atoms with Crippen molar-refractivity contribution in [3.8, 4) is 0 Å². The van der Waals surface area contributed by atoms with E-state index in [1.54, 1.807) is 0 Å². The second kappa shape index (κ2) is 8.04. The lowest BCUT2D eigenvalue weighted by Crippen LogP contribution is -2.35. The van der Waals surface area contributed by atoms with Crippen LogP contribution in [0.4, 0.5) is 10.5 Å². The predicted molar refractivity (Wildman–Crippen MR) is 107 cm³/mol. The predicted octanol–water partition coefficient (Wildman–Crippen LogP) is 3.01. The van der Waals surface area contributed by atoms with Crippen molar-refractivity contribution in [2.75, 3.05) is 18.4 Å². The molecule has 1 N–H and O–H groups in total. The van der Waals surface area contributed by atoms with Gasteiger partial charge in [-0.05, 0) is 37.0 Å². The lowest BCUT2D eigenvalue weighted by atomic mass is 10.1. The zero-order chi connectivity index (χ0) is 19.5. The van der Waals surface area contributed by atoms with E-state index in [0.29, 0.717) is 26.1 Å². The van der Waals surface area contributed by atoms with Gasteiger partial charge in [0.05, 0.1) is 30.8 Å². The minimum Gasteiger partial charge on any atom is -0.337 e. The van der Waals surface area contributed by atoms with Gasteiger partial charge >= 0.3 is 6.03 Å². The molecule has 1 fully saturated rings. The molecule has 0 bridgehead atoms. The fourth-order valence-electron chi connectivity index (χ4n) is 3.94. The molecule has 7 nitrogen and oxygen atoms in total. The lowest BCUT2D eigenvalue weighted by molar-refractivity contribution is -0.128. The Balaban J connectivity index is 1.48. The van der Waals surface area contributed by atoms with Gasteiger partial charge in [-0.15, -0.1) is 0 Å². The quantitative estimate of drug-likeness (QED) is 0.885. The first-order valence-electron chi connectivity index (χ1n) is 10.1. The molecule has 2 aromatic rings.